The molecule has 0 bridgehead atoms. The molecule has 136 valence electrons. The molecule has 0 heterocycles. The number of rotatable bonds is 5. The monoisotopic (exact) mass is 370 g/mol. The molecule has 0 radical (unpaired) electrons. The maximum Gasteiger partial charge on any atom is 0.347 e. The molecule has 0 saturated heterocycles. The highest BCUT2D eigenvalue weighted by molar-refractivity contribution is 6.00. The van der Waals surface area contributed by atoms with Crippen molar-refractivity contribution < 1.29 is 37.1 Å². The first-order valence-corrected chi connectivity index (χ1v) is 6.95. The third-order valence-electron chi connectivity index (χ3n) is 3.18. The molecule has 0 aliphatic rings. The minimum absolute atomic E-state index is 0.765. The minimum atomic E-state index is -2.20. The van der Waals surface area contributed by atoms with Gasteiger partial charge in [0, 0.05) is 0 Å². The van der Waals surface area contributed by atoms with E-state index in [1.165, 1.54) is 0 Å². The minimum Gasteiger partial charge on any atom is -0.478 e. The Morgan fingerprint density at radius 3 is 1.31 bits per heavy atom. The molecular weight excluding hydrogens is 360 g/mol. The van der Waals surface area contributed by atoms with Crippen molar-refractivity contribution in [3.05, 3.63) is 70.8 Å². The number of aliphatic carboxylic acids is 1. The van der Waals surface area contributed by atoms with Gasteiger partial charge in [-0.15, -0.1) is 0 Å². The third kappa shape index (κ3) is 3.97. The molecule has 6 nitrogen and oxygen atoms in total. The Hall–Kier alpha value is -3.43. The highest BCUT2D eigenvalue weighted by Gasteiger charge is 2.28. The number of benzene rings is 2. The lowest BCUT2D eigenvalue weighted by atomic mass is 10.1. The molecule has 0 aliphatic carbocycles. The first-order valence-electron chi connectivity index (χ1n) is 6.95. The maximum absolute atomic E-state index is 13.6. The normalized spacial score (nSPS) is 10.5. The van der Waals surface area contributed by atoms with Gasteiger partial charge in [-0.1, -0.05) is 12.1 Å². The van der Waals surface area contributed by atoms with Gasteiger partial charge in [-0.25, -0.2) is 22.4 Å². The van der Waals surface area contributed by atoms with E-state index in [0.717, 1.165) is 36.4 Å². The number of halogens is 4. The van der Waals surface area contributed by atoms with Crippen molar-refractivity contribution in [2.75, 3.05) is 0 Å². The Morgan fingerprint density at radius 2 is 1.04 bits per heavy atom. The fraction of sp³-hybridized carbons (Fsp3) is 0.0625. The van der Waals surface area contributed by atoms with Gasteiger partial charge < -0.3 is 15.7 Å². The van der Waals surface area contributed by atoms with E-state index in [9.17, 15) is 31.9 Å². The molecule has 26 heavy (non-hydrogen) atoms. The molecule has 2 aromatic carbocycles. The highest BCUT2D eigenvalue weighted by Crippen LogP contribution is 2.13. The van der Waals surface area contributed by atoms with Crippen LogP contribution in [-0.4, -0.2) is 29.1 Å². The Morgan fingerprint density at radius 1 is 0.731 bits per heavy atom. The predicted molar refractivity (Wildman–Crippen MR) is 79.1 cm³/mol. The number of carbonyl (C=O) groups is 3. The second-order valence-electron chi connectivity index (χ2n) is 4.91. The summed E-state index contributed by atoms with van der Waals surface area (Å²) in [6.45, 7) is 0. The second-order valence-corrected chi connectivity index (χ2v) is 4.91. The Bertz CT molecular complexity index is 783. The van der Waals surface area contributed by atoms with E-state index in [1.807, 2.05) is 0 Å². The Labute approximate surface area is 143 Å². The molecule has 0 aromatic heterocycles. The summed E-state index contributed by atoms with van der Waals surface area (Å²) in [6, 6.07) is 5.03. The Kier molecular flexibility index (Phi) is 5.55. The van der Waals surface area contributed by atoms with Crippen LogP contribution in [-0.2, 0) is 4.79 Å². The summed E-state index contributed by atoms with van der Waals surface area (Å²) in [7, 11) is 0. The molecule has 0 spiro atoms. The largest absolute Gasteiger partial charge is 0.478 e. The number of nitrogens with one attached hydrogen (secondary N) is 2. The van der Waals surface area contributed by atoms with Gasteiger partial charge in [0.2, 0.25) is 6.17 Å². The summed E-state index contributed by atoms with van der Waals surface area (Å²) >= 11 is 0. The van der Waals surface area contributed by atoms with Crippen molar-refractivity contribution in [2.24, 2.45) is 0 Å². The number of hydrogen-bond donors (Lipinski definition) is 3. The third-order valence-corrected chi connectivity index (χ3v) is 3.18. The molecule has 0 fully saturated rings. The molecular formula is C16H10F4N2O4. The van der Waals surface area contributed by atoms with E-state index in [0.29, 0.717) is 0 Å². The van der Waals surface area contributed by atoms with E-state index in [2.05, 4.69) is 0 Å². The molecule has 2 rings (SSSR count). The van der Waals surface area contributed by atoms with Crippen LogP contribution in [0.5, 0.6) is 0 Å². The molecule has 10 heteroatoms. The maximum atomic E-state index is 13.6. The summed E-state index contributed by atoms with van der Waals surface area (Å²) in [5, 5.41) is 12.4. The average Bonchev–Trinajstić information content (AvgIpc) is 2.53. The fourth-order valence-corrected chi connectivity index (χ4v) is 2.00. The van der Waals surface area contributed by atoms with Crippen LogP contribution in [0.2, 0.25) is 0 Å². The van der Waals surface area contributed by atoms with Gasteiger partial charge in [-0.2, -0.15) is 0 Å². The van der Waals surface area contributed by atoms with E-state index in [4.69, 9.17) is 5.11 Å². The first-order chi connectivity index (χ1) is 12.2. The van der Waals surface area contributed by atoms with E-state index >= 15 is 0 Å². The molecule has 3 N–H and O–H groups in total. The predicted octanol–water partition coefficient (Wildman–Crippen LogP) is 1.81. The average molecular weight is 370 g/mol. The van der Waals surface area contributed by atoms with Crippen molar-refractivity contribution in [1.82, 2.24) is 10.6 Å². The number of carbonyl (C=O) groups excluding carboxylic acids is 2. The van der Waals surface area contributed by atoms with Crippen LogP contribution in [0, 0.1) is 23.3 Å². The lowest BCUT2D eigenvalue weighted by Gasteiger charge is -2.17. The summed E-state index contributed by atoms with van der Waals surface area (Å²) in [5.74, 6) is -9.86. The number of hydrogen-bond acceptors (Lipinski definition) is 3. The van der Waals surface area contributed by atoms with Crippen molar-refractivity contribution in [3.8, 4) is 0 Å². The smallest absolute Gasteiger partial charge is 0.347 e. The van der Waals surface area contributed by atoms with Crippen LogP contribution < -0.4 is 10.6 Å². The van der Waals surface area contributed by atoms with E-state index in [1.54, 1.807) is 10.6 Å². The lowest BCUT2D eigenvalue weighted by molar-refractivity contribution is -0.139. The van der Waals surface area contributed by atoms with Crippen molar-refractivity contribution in [3.63, 3.8) is 0 Å². The zero-order valence-corrected chi connectivity index (χ0v) is 12.7. The van der Waals surface area contributed by atoms with Crippen LogP contribution in [0.15, 0.2) is 36.4 Å². The zero-order chi connectivity index (χ0) is 19.4. The summed E-state index contributed by atoms with van der Waals surface area (Å²) in [4.78, 5) is 35.0. The van der Waals surface area contributed by atoms with Crippen LogP contribution in [0.25, 0.3) is 0 Å². The van der Waals surface area contributed by atoms with Crippen LogP contribution in [0.4, 0.5) is 17.6 Å². The fourth-order valence-electron chi connectivity index (χ4n) is 2.00. The first kappa shape index (κ1) is 18.9. The van der Waals surface area contributed by atoms with Gasteiger partial charge >= 0.3 is 5.97 Å². The molecule has 2 aromatic rings. The van der Waals surface area contributed by atoms with Gasteiger partial charge in [0.1, 0.15) is 34.4 Å². The Balaban J connectivity index is 2.23. The van der Waals surface area contributed by atoms with E-state index < -0.39 is 58.3 Å². The number of carboxylic acid groups (broad SMARTS) is 1. The molecule has 0 unspecified atom stereocenters. The van der Waals surface area contributed by atoms with E-state index in [-0.39, 0.29) is 0 Å². The van der Waals surface area contributed by atoms with Crippen molar-refractivity contribution >= 4 is 17.8 Å². The lowest BCUT2D eigenvalue weighted by Crippen LogP contribution is -2.53. The molecule has 0 saturated carbocycles. The quantitative estimate of drug-likeness (QED) is 0.553. The van der Waals surface area contributed by atoms with Gasteiger partial charge in [0.15, 0.2) is 0 Å². The summed E-state index contributed by atoms with van der Waals surface area (Å²) in [5.41, 5.74) is -2.16. The molecule has 0 aliphatic heterocycles. The number of carboxylic acids is 1. The van der Waals surface area contributed by atoms with Crippen LogP contribution >= 0.6 is 0 Å². The SMILES string of the molecule is O=C(NC(NC(=O)c1c(F)cccc1F)C(=O)O)c1c(F)cccc1F. The van der Waals surface area contributed by atoms with Gasteiger partial charge in [-0.05, 0) is 24.3 Å². The standard InChI is InChI=1S/C16H10F4N2O4/c17-7-3-1-4-8(18)11(7)14(23)21-13(16(25)26)22-15(24)12-9(19)5-2-6-10(12)20/h1-6,13H,(H,21,23)(H,22,24)(H,25,26). The highest BCUT2D eigenvalue weighted by atomic mass is 19.1. The van der Waals surface area contributed by atoms with Crippen LogP contribution in [0.3, 0.4) is 0 Å². The van der Waals surface area contributed by atoms with Crippen LogP contribution in [0.1, 0.15) is 20.7 Å². The molecule has 2 amide bonds. The van der Waals surface area contributed by atoms with Gasteiger partial charge in [0.25, 0.3) is 11.8 Å². The van der Waals surface area contributed by atoms with Crippen molar-refractivity contribution in [2.45, 2.75) is 6.17 Å². The summed E-state index contributed by atoms with van der Waals surface area (Å²) < 4.78 is 54.2. The topological polar surface area (TPSA) is 95.5 Å². The van der Waals surface area contributed by atoms with Gasteiger partial charge in [-0.3, -0.25) is 9.59 Å². The zero-order valence-electron chi connectivity index (χ0n) is 12.7. The summed E-state index contributed by atoms with van der Waals surface area (Å²) in [6.07, 6.45) is -2.20. The molecule has 0 atom stereocenters. The van der Waals surface area contributed by atoms with Gasteiger partial charge in [0.05, 0.1) is 0 Å². The number of amides is 2. The van der Waals surface area contributed by atoms with Crippen molar-refractivity contribution in [1.29, 1.82) is 0 Å². The second kappa shape index (κ2) is 7.64.